The van der Waals surface area contributed by atoms with Gasteiger partial charge in [0.1, 0.15) is 12.6 Å². The van der Waals surface area contributed by atoms with Gasteiger partial charge in [0.25, 0.3) is 0 Å². The third-order valence-electron chi connectivity index (χ3n) is 3.64. The molecule has 104 valence electrons. The van der Waals surface area contributed by atoms with Crippen LogP contribution in [0.3, 0.4) is 0 Å². The maximum absolute atomic E-state index is 12.2. The van der Waals surface area contributed by atoms with E-state index in [9.17, 15) is 9.59 Å². The van der Waals surface area contributed by atoms with Gasteiger partial charge in [-0.1, -0.05) is 36.4 Å². The molecular weight excluding hydrogens is 256 g/mol. The molecule has 1 aromatic rings. The maximum Gasteiger partial charge on any atom is 0.407 e. The number of nitrogens with zero attached hydrogens (tertiary/aromatic N) is 1. The maximum atomic E-state index is 12.2. The number of ether oxygens (including phenoxy) is 1. The van der Waals surface area contributed by atoms with Crippen molar-refractivity contribution >= 4 is 17.6 Å². The van der Waals surface area contributed by atoms with Crippen molar-refractivity contribution < 1.29 is 14.3 Å². The first kappa shape index (κ1) is 12.7. The molecule has 3 rings (SSSR count). The standard InChI is InChI=1S/C15H16N2O3/c18-14(13-10-20-15(19)16-13)17-8-6-12(7-9-17)11-4-2-1-3-5-11/h1-6,13H,7-10H2,(H,16,19)/t13-/m0/s1. The van der Waals surface area contributed by atoms with Crippen LogP contribution in [-0.4, -0.2) is 42.6 Å². The first-order valence-electron chi connectivity index (χ1n) is 6.70. The molecule has 1 N–H and O–H groups in total. The van der Waals surface area contributed by atoms with Gasteiger partial charge in [-0.15, -0.1) is 0 Å². The summed E-state index contributed by atoms with van der Waals surface area (Å²) in [5, 5.41) is 2.52. The molecule has 1 saturated heterocycles. The fourth-order valence-electron chi connectivity index (χ4n) is 2.52. The molecule has 2 aliphatic rings. The first-order chi connectivity index (χ1) is 9.74. The van der Waals surface area contributed by atoms with E-state index in [2.05, 4.69) is 23.5 Å². The molecule has 0 radical (unpaired) electrons. The highest BCUT2D eigenvalue weighted by Crippen LogP contribution is 2.22. The number of alkyl carbamates (subject to hydrolysis) is 1. The highest BCUT2D eigenvalue weighted by atomic mass is 16.6. The van der Waals surface area contributed by atoms with E-state index in [1.807, 2.05) is 18.2 Å². The summed E-state index contributed by atoms with van der Waals surface area (Å²) in [4.78, 5) is 24.9. The summed E-state index contributed by atoms with van der Waals surface area (Å²) in [6.07, 6.45) is 2.40. The summed E-state index contributed by atoms with van der Waals surface area (Å²) in [6, 6.07) is 9.64. The van der Waals surface area contributed by atoms with Crippen LogP contribution in [0.1, 0.15) is 12.0 Å². The average Bonchev–Trinajstić information content (AvgIpc) is 2.94. The lowest BCUT2D eigenvalue weighted by Crippen LogP contribution is -2.46. The molecule has 0 bridgehead atoms. The van der Waals surface area contributed by atoms with Gasteiger partial charge in [-0.2, -0.15) is 0 Å². The van der Waals surface area contributed by atoms with Gasteiger partial charge in [0.2, 0.25) is 5.91 Å². The summed E-state index contributed by atoms with van der Waals surface area (Å²) in [7, 11) is 0. The van der Waals surface area contributed by atoms with Crippen LogP contribution >= 0.6 is 0 Å². The highest BCUT2D eigenvalue weighted by Gasteiger charge is 2.32. The van der Waals surface area contributed by atoms with E-state index in [4.69, 9.17) is 4.74 Å². The van der Waals surface area contributed by atoms with Crippen LogP contribution in [0.15, 0.2) is 36.4 Å². The van der Waals surface area contributed by atoms with Crippen molar-refractivity contribution in [3.63, 3.8) is 0 Å². The highest BCUT2D eigenvalue weighted by molar-refractivity contribution is 5.88. The predicted octanol–water partition coefficient (Wildman–Crippen LogP) is 1.41. The molecule has 0 aliphatic carbocycles. The molecule has 2 heterocycles. The molecule has 5 nitrogen and oxygen atoms in total. The Morgan fingerprint density at radius 2 is 2.10 bits per heavy atom. The second kappa shape index (κ2) is 5.36. The second-order valence-corrected chi connectivity index (χ2v) is 4.93. The number of nitrogens with one attached hydrogen (secondary N) is 1. The smallest absolute Gasteiger partial charge is 0.407 e. The number of hydrogen-bond donors (Lipinski definition) is 1. The van der Waals surface area contributed by atoms with Gasteiger partial charge in [-0.05, 0) is 17.6 Å². The van der Waals surface area contributed by atoms with Gasteiger partial charge in [0.05, 0.1) is 0 Å². The van der Waals surface area contributed by atoms with E-state index in [1.54, 1.807) is 4.90 Å². The van der Waals surface area contributed by atoms with E-state index >= 15 is 0 Å². The van der Waals surface area contributed by atoms with Gasteiger partial charge in [0.15, 0.2) is 0 Å². The quantitative estimate of drug-likeness (QED) is 0.885. The third kappa shape index (κ3) is 2.52. The molecule has 2 aliphatic heterocycles. The summed E-state index contributed by atoms with van der Waals surface area (Å²) in [5.41, 5.74) is 2.47. The van der Waals surface area contributed by atoms with E-state index < -0.39 is 12.1 Å². The van der Waals surface area contributed by atoms with Crippen LogP contribution in [0.25, 0.3) is 5.57 Å². The fourth-order valence-corrected chi connectivity index (χ4v) is 2.52. The van der Waals surface area contributed by atoms with Gasteiger partial charge in [-0.25, -0.2) is 4.79 Å². The summed E-state index contributed by atoms with van der Waals surface area (Å²) in [6.45, 7) is 1.38. The van der Waals surface area contributed by atoms with Crippen molar-refractivity contribution in [1.29, 1.82) is 0 Å². The van der Waals surface area contributed by atoms with Crippen LogP contribution in [0, 0.1) is 0 Å². The van der Waals surface area contributed by atoms with Gasteiger partial charge in [-0.3, -0.25) is 4.79 Å². The number of benzene rings is 1. The lowest BCUT2D eigenvalue weighted by atomic mass is 9.99. The van der Waals surface area contributed by atoms with E-state index in [0.29, 0.717) is 13.1 Å². The zero-order chi connectivity index (χ0) is 13.9. The Balaban J connectivity index is 1.64. The predicted molar refractivity (Wildman–Crippen MR) is 73.9 cm³/mol. The minimum Gasteiger partial charge on any atom is -0.447 e. The lowest BCUT2D eigenvalue weighted by Gasteiger charge is -2.28. The van der Waals surface area contributed by atoms with Crippen LogP contribution in [-0.2, 0) is 9.53 Å². The van der Waals surface area contributed by atoms with Crippen molar-refractivity contribution in [2.45, 2.75) is 12.5 Å². The molecule has 0 saturated carbocycles. The van der Waals surface area contributed by atoms with Crippen molar-refractivity contribution in [3.05, 3.63) is 42.0 Å². The minimum absolute atomic E-state index is 0.0702. The molecular formula is C15H16N2O3. The Labute approximate surface area is 117 Å². The lowest BCUT2D eigenvalue weighted by molar-refractivity contribution is -0.132. The number of carbonyl (C=O) groups is 2. The minimum atomic E-state index is -0.533. The largest absolute Gasteiger partial charge is 0.447 e. The molecule has 0 unspecified atom stereocenters. The van der Waals surface area contributed by atoms with Crippen molar-refractivity contribution in [3.8, 4) is 0 Å². The monoisotopic (exact) mass is 272 g/mol. The van der Waals surface area contributed by atoms with Gasteiger partial charge >= 0.3 is 6.09 Å². The van der Waals surface area contributed by atoms with E-state index in [0.717, 1.165) is 6.42 Å². The molecule has 5 heteroatoms. The summed E-state index contributed by atoms with van der Waals surface area (Å²) >= 11 is 0. The second-order valence-electron chi connectivity index (χ2n) is 4.93. The molecule has 1 atom stereocenters. The molecule has 0 aromatic heterocycles. The first-order valence-corrected chi connectivity index (χ1v) is 6.70. The van der Waals surface area contributed by atoms with E-state index in [1.165, 1.54) is 11.1 Å². The molecule has 1 aromatic carbocycles. The number of hydrogen-bond acceptors (Lipinski definition) is 3. The Hall–Kier alpha value is -2.30. The van der Waals surface area contributed by atoms with Crippen molar-refractivity contribution in [2.75, 3.05) is 19.7 Å². The zero-order valence-corrected chi connectivity index (χ0v) is 11.0. The SMILES string of the molecule is O=C1N[C@H](C(=O)N2CC=C(c3ccccc3)CC2)CO1. The van der Waals surface area contributed by atoms with Gasteiger partial charge in [0, 0.05) is 13.1 Å². The molecule has 0 spiro atoms. The Morgan fingerprint density at radius 3 is 2.70 bits per heavy atom. The molecule has 20 heavy (non-hydrogen) atoms. The normalized spacial score (nSPS) is 22.0. The van der Waals surface area contributed by atoms with E-state index in [-0.39, 0.29) is 12.5 Å². The fraction of sp³-hybridized carbons (Fsp3) is 0.333. The van der Waals surface area contributed by atoms with Crippen LogP contribution in [0.2, 0.25) is 0 Å². The number of cyclic esters (lactones) is 1. The number of amides is 2. The van der Waals surface area contributed by atoms with Crippen molar-refractivity contribution in [2.24, 2.45) is 0 Å². The average molecular weight is 272 g/mol. The molecule has 2 amide bonds. The van der Waals surface area contributed by atoms with Crippen molar-refractivity contribution in [1.82, 2.24) is 10.2 Å². The van der Waals surface area contributed by atoms with Crippen LogP contribution in [0.5, 0.6) is 0 Å². The topological polar surface area (TPSA) is 58.6 Å². The van der Waals surface area contributed by atoms with Crippen LogP contribution in [0.4, 0.5) is 4.79 Å². The third-order valence-corrected chi connectivity index (χ3v) is 3.64. The Morgan fingerprint density at radius 1 is 1.30 bits per heavy atom. The van der Waals surface area contributed by atoms with Gasteiger partial charge < -0.3 is 15.0 Å². The summed E-state index contributed by atoms with van der Waals surface area (Å²) < 4.78 is 4.75. The molecule has 1 fully saturated rings. The van der Waals surface area contributed by atoms with Crippen LogP contribution < -0.4 is 5.32 Å². The Bertz CT molecular complexity index is 553. The zero-order valence-electron chi connectivity index (χ0n) is 11.0. The number of carbonyl (C=O) groups excluding carboxylic acids is 2. The summed E-state index contributed by atoms with van der Waals surface area (Å²) in [5.74, 6) is -0.0702. The number of rotatable bonds is 2. The Kier molecular flexibility index (Phi) is 3.41.